The van der Waals surface area contributed by atoms with Gasteiger partial charge in [-0.05, 0) is 42.0 Å². The predicted octanol–water partition coefficient (Wildman–Crippen LogP) is 4.13. The van der Waals surface area contributed by atoms with Gasteiger partial charge in [0.25, 0.3) is 11.8 Å². The van der Waals surface area contributed by atoms with Crippen molar-refractivity contribution in [1.82, 2.24) is 4.90 Å². The first-order chi connectivity index (χ1) is 15.0. The second-order valence-corrected chi connectivity index (χ2v) is 6.74. The van der Waals surface area contributed by atoms with Gasteiger partial charge in [0.2, 0.25) is 0 Å². The van der Waals surface area contributed by atoms with Gasteiger partial charge in [-0.2, -0.15) is 0 Å². The maximum absolute atomic E-state index is 12.4. The lowest BCUT2D eigenvalue weighted by Crippen LogP contribution is -2.30. The molecule has 0 saturated heterocycles. The molecule has 0 aliphatic rings. The number of benzene rings is 2. The molecule has 0 atom stereocenters. The lowest BCUT2D eigenvalue weighted by Gasteiger charge is -2.18. The van der Waals surface area contributed by atoms with Crippen LogP contribution in [0, 0.1) is 0 Å². The van der Waals surface area contributed by atoms with E-state index in [1.807, 2.05) is 24.3 Å². The zero-order chi connectivity index (χ0) is 22.1. The van der Waals surface area contributed by atoms with Gasteiger partial charge in [0.05, 0.1) is 6.26 Å². The monoisotopic (exact) mass is 420 g/mol. The quantitative estimate of drug-likeness (QED) is 0.499. The molecule has 0 fully saturated rings. The average molecular weight is 420 g/mol. The fraction of sp³-hybridized carbons (Fsp3) is 0.167. The highest BCUT2D eigenvalue weighted by atomic mass is 16.5. The Kier molecular flexibility index (Phi) is 7.48. The molecule has 0 saturated carbocycles. The smallest absolute Gasteiger partial charge is 0.291 e. The Bertz CT molecular complexity index is 1010. The van der Waals surface area contributed by atoms with Crippen LogP contribution >= 0.6 is 0 Å². The van der Waals surface area contributed by atoms with Gasteiger partial charge in [-0.3, -0.25) is 9.59 Å². The molecule has 7 nitrogen and oxygen atoms in total. The molecule has 1 heterocycles. The summed E-state index contributed by atoms with van der Waals surface area (Å²) in [5.41, 5.74) is 1.52. The van der Waals surface area contributed by atoms with Gasteiger partial charge in [-0.25, -0.2) is 0 Å². The molecule has 7 heteroatoms. The lowest BCUT2D eigenvalue weighted by atomic mass is 10.2. The number of rotatable bonds is 10. The molecule has 0 spiro atoms. The molecule has 2 amide bonds. The van der Waals surface area contributed by atoms with E-state index >= 15 is 0 Å². The van der Waals surface area contributed by atoms with Crippen LogP contribution in [0.4, 0.5) is 5.69 Å². The SMILES string of the molecule is C=CCOc1ccc(CN(C)C(=O)COc2cccc(NC(=O)c3ccco3)c2)cc1. The molecule has 0 aliphatic carbocycles. The normalized spacial score (nSPS) is 10.2. The maximum Gasteiger partial charge on any atom is 0.291 e. The van der Waals surface area contributed by atoms with Crippen LogP contribution in [0.5, 0.6) is 11.5 Å². The van der Waals surface area contributed by atoms with Gasteiger partial charge in [-0.1, -0.05) is 30.9 Å². The van der Waals surface area contributed by atoms with E-state index < -0.39 is 0 Å². The highest BCUT2D eigenvalue weighted by molar-refractivity contribution is 6.02. The van der Waals surface area contributed by atoms with Crippen LogP contribution in [0.2, 0.25) is 0 Å². The molecule has 1 N–H and O–H groups in total. The third kappa shape index (κ3) is 6.50. The average Bonchev–Trinajstić information content (AvgIpc) is 3.32. The molecule has 2 aromatic carbocycles. The number of nitrogens with one attached hydrogen (secondary N) is 1. The molecule has 0 bridgehead atoms. The van der Waals surface area contributed by atoms with E-state index in [0.29, 0.717) is 24.6 Å². The van der Waals surface area contributed by atoms with Gasteiger partial charge in [0.1, 0.15) is 18.1 Å². The summed E-state index contributed by atoms with van der Waals surface area (Å²) in [5.74, 6) is 0.905. The van der Waals surface area contributed by atoms with E-state index in [0.717, 1.165) is 11.3 Å². The maximum atomic E-state index is 12.4. The standard InChI is InChI=1S/C24H24N2O5/c1-3-13-29-20-11-9-18(10-12-20)16-26(2)23(27)17-31-21-7-4-6-19(15-21)25-24(28)22-8-5-14-30-22/h3-12,14-15H,1,13,16-17H2,2H3,(H,25,28). The van der Waals surface area contributed by atoms with Gasteiger partial charge >= 0.3 is 0 Å². The Balaban J connectivity index is 1.49. The van der Waals surface area contributed by atoms with Crippen molar-refractivity contribution < 1.29 is 23.5 Å². The Morgan fingerprint density at radius 3 is 2.58 bits per heavy atom. The lowest BCUT2D eigenvalue weighted by molar-refractivity contribution is -0.132. The van der Waals surface area contributed by atoms with Crippen molar-refractivity contribution in [3.63, 3.8) is 0 Å². The van der Waals surface area contributed by atoms with Crippen LogP contribution in [0.15, 0.2) is 84.0 Å². The molecule has 31 heavy (non-hydrogen) atoms. The third-order valence-electron chi connectivity index (χ3n) is 4.34. The Hall–Kier alpha value is -4.00. The number of anilines is 1. The fourth-order valence-corrected chi connectivity index (χ4v) is 2.73. The predicted molar refractivity (Wildman–Crippen MR) is 117 cm³/mol. The Morgan fingerprint density at radius 2 is 1.87 bits per heavy atom. The van der Waals surface area contributed by atoms with Gasteiger partial charge in [-0.15, -0.1) is 0 Å². The van der Waals surface area contributed by atoms with Crippen molar-refractivity contribution in [3.8, 4) is 11.5 Å². The molecular weight excluding hydrogens is 396 g/mol. The van der Waals surface area contributed by atoms with Crippen LogP contribution in [0.1, 0.15) is 16.1 Å². The van der Waals surface area contributed by atoms with Crippen molar-refractivity contribution >= 4 is 17.5 Å². The molecule has 160 valence electrons. The first-order valence-corrected chi connectivity index (χ1v) is 9.69. The number of nitrogens with zero attached hydrogens (tertiary/aromatic N) is 1. The number of amides is 2. The third-order valence-corrected chi connectivity index (χ3v) is 4.34. The van der Waals surface area contributed by atoms with Gasteiger partial charge in [0, 0.05) is 25.3 Å². The van der Waals surface area contributed by atoms with Crippen molar-refractivity contribution in [2.75, 3.05) is 25.6 Å². The van der Waals surface area contributed by atoms with Crippen LogP contribution in [0.25, 0.3) is 0 Å². The van der Waals surface area contributed by atoms with Crippen molar-refractivity contribution in [3.05, 3.63) is 90.9 Å². The zero-order valence-electron chi connectivity index (χ0n) is 17.2. The van der Waals surface area contributed by atoms with Crippen molar-refractivity contribution in [2.45, 2.75) is 6.54 Å². The molecule has 3 rings (SSSR count). The topological polar surface area (TPSA) is 81.0 Å². The van der Waals surface area contributed by atoms with Crippen LogP contribution in [-0.2, 0) is 11.3 Å². The summed E-state index contributed by atoms with van der Waals surface area (Å²) >= 11 is 0. The van der Waals surface area contributed by atoms with Crippen LogP contribution < -0.4 is 14.8 Å². The second kappa shape index (κ2) is 10.7. The molecule has 0 unspecified atom stereocenters. The summed E-state index contributed by atoms with van der Waals surface area (Å²) in [6.07, 6.45) is 3.12. The highest BCUT2D eigenvalue weighted by Gasteiger charge is 2.12. The largest absolute Gasteiger partial charge is 0.490 e. The molecule has 0 radical (unpaired) electrons. The van der Waals surface area contributed by atoms with Crippen LogP contribution in [-0.4, -0.2) is 37.0 Å². The van der Waals surface area contributed by atoms with E-state index in [9.17, 15) is 9.59 Å². The van der Waals surface area contributed by atoms with E-state index in [-0.39, 0.29) is 24.2 Å². The summed E-state index contributed by atoms with van der Waals surface area (Å²) < 4.78 is 16.1. The van der Waals surface area contributed by atoms with E-state index in [4.69, 9.17) is 13.9 Å². The fourth-order valence-electron chi connectivity index (χ4n) is 2.73. The molecule has 3 aromatic rings. The number of carbonyl (C=O) groups is 2. The summed E-state index contributed by atoms with van der Waals surface area (Å²) in [6, 6.07) is 17.6. The zero-order valence-corrected chi connectivity index (χ0v) is 17.2. The number of likely N-dealkylation sites (N-methyl/N-ethyl adjacent to an activating group) is 1. The number of ether oxygens (including phenoxy) is 2. The molecular formula is C24H24N2O5. The summed E-state index contributed by atoms with van der Waals surface area (Å²) in [5, 5.41) is 2.72. The minimum Gasteiger partial charge on any atom is -0.490 e. The first-order valence-electron chi connectivity index (χ1n) is 9.69. The summed E-state index contributed by atoms with van der Waals surface area (Å²) in [6.45, 7) is 4.39. The van der Waals surface area contributed by atoms with E-state index in [1.54, 1.807) is 54.4 Å². The first kappa shape index (κ1) is 21.7. The molecule has 0 aliphatic heterocycles. The van der Waals surface area contributed by atoms with E-state index in [2.05, 4.69) is 11.9 Å². The number of hydrogen-bond donors (Lipinski definition) is 1. The summed E-state index contributed by atoms with van der Waals surface area (Å²) in [7, 11) is 1.72. The number of carbonyl (C=O) groups excluding carboxylic acids is 2. The second-order valence-electron chi connectivity index (χ2n) is 6.74. The van der Waals surface area contributed by atoms with Gasteiger partial charge in [0.15, 0.2) is 12.4 Å². The number of hydrogen-bond acceptors (Lipinski definition) is 5. The Morgan fingerprint density at radius 1 is 1.06 bits per heavy atom. The van der Waals surface area contributed by atoms with Crippen LogP contribution in [0.3, 0.4) is 0 Å². The Labute approximate surface area is 180 Å². The number of furan rings is 1. The molecule has 1 aromatic heterocycles. The minimum atomic E-state index is -0.362. The van der Waals surface area contributed by atoms with Crippen molar-refractivity contribution in [1.29, 1.82) is 0 Å². The highest BCUT2D eigenvalue weighted by Crippen LogP contribution is 2.19. The summed E-state index contributed by atoms with van der Waals surface area (Å²) in [4.78, 5) is 26.1. The minimum absolute atomic E-state index is 0.118. The van der Waals surface area contributed by atoms with Gasteiger partial charge < -0.3 is 24.1 Å². The van der Waals surface area contributed by atoms with E-state index in [1.165, 1.54) is 6.26 Å². The van der Waals surface area contributed by atoms with Crippen molar-refractivity contribution in [2.24, 2.45) is 0 Å².